The summed E-state index contributed by atoms with van der Waals surface area (Å²) in [4.78, 5) is 5.24. The highest BCUT2D eigenvalue weighted by molar-refractivity contribution is 5.15. The molecule has 2 heteroatoms. The molecule has 0 N–H and O–H groups in total. The largest absolute Gasteiger partial charge is 0.373 e. The van der Waals surface area contributed by atoms with E-state index in [2.05, 4.69) is 46.2 Å². The summed E-state index contributed by atoms with van der Waals surface area (Å²) in [6, 6.07) is 10.9. The van der Waals surface area contributed by atoms with Crippen molar-refractivity contribution in [3.05, 3.63) is 47.7 Å². The van der Waals surface area contributed by atoms with Crippen molar-refractivity contribution in [3.8, 4) is 0 Å². The molecule has 20 heavy (non-hydrogen) atoms. The molecule has 1 heterocycles. The molecule has 0 aromatic heterocycles. The third-order valence-electron chi connectivity index (χ3n) is 4.61. The molecule has 1 aromatic carbocycles. The van der Waals surface area contributed by atoms with Gasteiger partial charge in [-0.15, -0.1) is 0 Å². The molecule has 0 amide bonds. The standard InChI is InChI=1S/C18H26N2/c1-3-7-17(8-4-1)11-12-19-13-15-20(16-14-19)18-9-5-2-6-10-18/h1,3-4,7-9H,2,5-6,10-16H2. The molecule has 0 saturated carbocycles. The predicted octanol–water partition coefficient (Wildman–Crippen LogP) is 3.30. The van der Waals surface area contributed by atoms with E-state index in [1.54, 1.807) is 5.70 Å². The van der Waals surface area contributed by atoms with E-state index in [-0.39, 0.29) is 0 Å². The van der Waals surface area contributed by atoms with Crippen molar-refractivity contribution in [3.63, 3.8) is 0 Å². The van der Waals surface area contributed by atoms with Gasteiger partial charge in [-0.2, -0.15) is 0 Å². The molecule has 0 bridgehead atoms. The Bertz CT molecular complexity index is 430. The maximum Gasteiger partial charge on any atom is 0.0303 e. The highest BCUT2D eigenvalue weighted by Gasteiger charge is 2.19. The lowest BCUT2D eigenvalue weighted by atomic mass is 10.0. The Labute approximate surface area is 123 Å². The number of allylic oxidation sites excluding steroid dienone is 2. The smallest absolute Gasteiger partial charge is 0.0303 e. The van der Waals surface area contributed by atoms with E-state index in [0.717, 1.165) is 0 Å². The Balaban J connectivity index is 1.43. The predicted molar refractivity (Wildman–Crippen MR) is 84.7 cm³/mol. The van der Waals surface area contributed by atoms with Gasteiger partial charge in [0.05, 0.1) is 0 Å². The van der Waals surface area contributed by atoms with Crippen LogP contribution in [0.5, 0.6) is 0 Å². The monoisotopic (exact) mass is 270 g/mol. The highest BCUT2D eigenvalue weighted by Crippen LogP contribution is 2.22. The number of nitrogens with zero attached hydrogens (tertiary/aromatic N) is 2. The van der Waals surface area contributed by atoms with Gasteiger partial charge in [-0.1, -0.05) is 36.4 Å². The molecule has 2 aliphatic rings. The molecule has 108 valence electrons. The molecule has 1 fully saturated rings. The third kappa shape index (κ3) is 3.63. The number of hydrogen-bond donors (Lipinski definition) is 0. The average Bonchev–Trinajstić information content (AvgIpc) is 2.55. The number of piperazine rings is 1. The van der Waals surface area contributed by atoms with Crippen LogP contribution in [0, 0.1) is 0 Å². The summed E-state index contributed by atoms with van der Waals surface area (Å²) >= 11 is 0. The van der Waals surface area contributed by atoms with E-state index in [0.29, 0.717) is 0 Å². The van der Waals surface area contributed by atoms with E-state index in [4.69, 9.17) is 0 Å². The lowest BCUT2D eigenvalue weighted by Gasteiger charge is -2.38. The van der Waals surface area contributed by atoms with Gasteiger partial charge in [-0.05, 0) is 37.7 Å². The van der Waals surface area contributed by atoms with Crippen LogP contribution in [-0.2, 0) is 6.42 Å². The third-order valence-corrected chi connectivity index (χ3v) is 4.61. The summed E-state index contributed by atoms with van der Waals surface area (Å²) in [5.74, 6) is 0. The van der Waals surface area contributed by atoms with Gasteiger partial charge >= 0.3 is 0 Å². The van der Waals surface area contributed by atoms with Crippen LogP contribution in [0.1, 0.15) is 31.2 Å². The first kappa shape index (κ1) is 13.7. The zero-order valence-electron chi connectivity index (χ0n) is 12.4. The lowest BCUT2D eigenvalue weighted by Crippen LogP contribution is -2.46. The fraction of sp³-hybridized carbons (Fsp3) is 0.556. The van der Waals surface area contributed by atoms with Crippen LogP contribution in [0.2, 0.25) is 0 Å². The maximum atomic E-state index is 2.62. The van der Waals surface area contributed by atoms with Gasteiger partial charge in [0.2, 0.25) is 0 Å². The second-order valence-corrected chi connectivity index (χ2v) is 6.01. The number of rotatable bonds is 4. The van der Waals surface area contributed by atoms with Crippen LogP contribution in [0.15, 0.2) is 42.1 Å². The van der Waals surface area contributed by atoms with Crippen LogP contribution >= 0.6 is 0 Å². The van der Waals surface area contributed by atoms with Gasteiger partial charge in [0.25, 0.3) is 0 Å². The van der Waals surface area contributed by atoms with Crippen LogP contribution in [0.3, 0.4) is 0 Å². The Morgan fingerprint density at radius 2 is 1.70 bits per heavy atom. The maximum absolute atomic E-state index is 2.62. The molecular weight excluding hydrogens is 244 g/mol. The SMILES string of the molecule is C1=C(N2CCN(CCc3ccccc3)CC2)CCCC1. The van der Waals surface area contributed by atoms with Gasteiger partial charge < -0.3 is 4.90 Å². The van der Waals surface area contributed by atoms with Gasteiger partial charge in [0.1, 0.15) is 0 Å². The Hall–Kier alpha value is -1.28. The Morgan fingerprint density at radius 3 is 2.40 bits per heavy atom. The van der Waals surface area contributed by atoms with Crippen LogP contribution in [0.4, 0.5) is 0 Å². The Morgan fingerprint density at radius 1 is 0.900 bits per heavy atom. The molecule has 3 rings (SSSR count). The summed E-state index contributed by atoms with van der Waals surface area (Å²) in [6.45, 7) is 6.10. The van der Waals surface area contributed by atoms with E-state index in [1.807, 2.05) is 0 Å². The van der Waals surface area contributed by atoms with Crippen molar-refractivity contribution in [1.82, 2.24) is 9.80 Å². The minimum absolute atomic E-state index is 1.18. The zero-order valence-corrected chi connectivity index (χ0v) is 12.4. The minimum Gasteiger partial charge on any atom is -0.373 e. The van der Waals surface area contributed by atoms with Crippen LogP contribution in [-0.4, -0.2) is 42.5 Å². The molecule has 1 aliphatic carbocycles. The van der Waals surface area contributed by atoms with Crippen molar-refractivity contribution in [2.75, 3.05) is 32.7 Å². The highest BCUT2D eigenvalue weighted by atomic mass is 15.3. The van der Waals surface area contributed by atoms with Gasteiger partial charge in [0.15, 0.2) is 0 Å². The van der Waals surface area contributed by atoms with Gasteiger partial charge in [-0.25, -0.2) is 0 Å². The summed E-state index contributed by atoms with van der Waals surface area (Å²) in [5, 5.41) is 0. The molecule has 0 spiro atoms. The van der Waals surface area contributed by atoms with Crippen molar-refractivity contribution in [2.24, 2.45) is 0 Å². The first-order chi connectivity index (χ1) is 9.92. The molecule has 1 saturated heterocycles. The molecule has 0 radical (unpaired) electrons. The topological polar surface area (TPSA) is 6.48 Å². The van der Waals surface area contributed by atoms with Crippen LogP contribution in [0.25, 0.3) is 0 Å². The second kappa shape index (κ2) is 6.94. The first-order valence-electron chi connectivity index (χ1n) is 8.12. The fourth-order valence-corrected chi connectivity index (χ4v) is 3.30. The van der Waals surface area contributed by atoms with Crippen LogP contribution < -0.4 is 0 Å². The van der Waals surface area contributed by atoms with E-state index >= 15 is 0 Å². The molecule has 2 nitrogen and oxygen atoms in total. The molecule has 0 atom stereocenters. The average molecular weight is 270 g/mol. The summed E-state index contributed by atoms with van der Waals surface area (Å²) in [7, 11) is 0. The minimum atomic E-state index is 1.18. The number of benzene rings is 1. The van der Waals surface area contributed by atoms with Crippen molar-refractivity contribution in [2.45, 2.75) is 32.1 Å². The van der Waals surface area contributed by atoms with E-state index in [9.17, 15) is 0 Å². The van der Waals surface area contributed by atoms with E-state index in [1.165, 1.54) is 70.4 Å². The van der Waals surface area contributed by atoms with Crippen molar-refractivity contribution >= 4 is 0 Å². The van der Waals surface area contributed by atoms with Gasteiger partial charge in [0, 0.05) is 38.4 Å². The summed E-state index contributed by atoms with van der Waals surface area (Å²) < 4.78 is 0. The number of hydrogen-bond acceptors (Lipinski definition) is 2. The summed E-state index contributed by atoms with van der Waals surface area (Å²) in [6.07, 6.45) is 9.04. The normalized spacial score (nSPS) is 20.8. The molecular formula is C18H26N2. The van der Waals surface area contributed by atoms with Crippen molar-refractivity contribution in [1.29, 1.82) is 0 Å². The molecule has 1 aliphatic heterocycles. The van der Waals surface area contributed by atoms with Crippen molar-refractivity contribution < 1.29 is 0 Å². The molecule has 0 unspecified atom stereocenters. The Kier molecular flexibility index (Phi) is 4.75. The summed E-state index contributed by atoms with van der Waals surface area (Å²) in [5.41, 5.74) is 3.09. The van der Waals surface area contributed by atoms with Gasteiger partial charge in [-0.3, -0.25) is 4.90 Å². The lowest BCUT2D eigenvalue weighted by molar-refractivity contribution is 0.155. The second-order valence-electron chi connectivity index (χ2n) is 6.01. The zero-order chi connectivity index (χ0) is 13.6. The quantitative estimate of drug-likeness (QED) is 0.828. The first-order valence-corrected chi connectivity index (χ1v) is 8.12. The van der Waals surface area contributed by atoms with E-state index < -0.39 is 0 Å². The molecule has 1 aromatic rings. The fourth-order valence-electron chi connectivity index (χ4n) is 3.30.